The lowest BCUT2D eigenvalue weighted by atomic mass is 9.97. The Bertz CT molecular complexity index is 634. The number of hydrogen-bond donors (Lipinski definition) is 1. The normalized spacial score (nSPS) is 15.3. The van der Waals surface area contributed by atoms with Gasteiger partial charge in [-0.2, -0.15) is 0 Å². The average molecular weight is 276 g/mol. The van der Waals surface area contributed by atoms with Crippen molar-refractivity contribution in [2.75, 3.05) is 12.3 Å². The van der Waals surface area contributed by atoms with Crippen molar-refractivity contribution in [3.05, 3.63) is 23.1 Å². The van der Waals surface area contributed by atoms with Crippen molar-refractivity contribution < 1.29 is 9.47 Å². The summed E-state index contributed by atoms with van der Waals surface area (Å²) < 4.78 is 11.6. The Morgan fingerprint density at radius 2 is 2.21 bits per heavy atom. The van der Waals surface area contributed by atoms with Crippen LogP contribution in [-0.4, -0.2) is 11.6 Å². The number of nitrogens with zero attached hydrogens (tertiary/aromatic N) is 1. The minimum absolute atomic E-state index is 0.414. The molecule has 0 saturated heterocycles. The highest BCUT2D eigenvalue weighted by Gasteiger charge is 2.36. The number of benzene rings is 1. The van der Waals surface area contributed by atoms with Gasteiger partial charge in [-0.05, 0) is 32.9 Å². The second-order valence-corrected chi connectivity index (χ2v) is 5.96. The van der Waals surface area contributed by atoms with Gasteiger partial charge in [0.1, 0.15) is 17.1 Å². The van der Waals surface area contributed by atoms with E-state index in [-0.39, 0.29) is 0 Å². The van der Waals surface area contributed by atoms with Crippen LogP contribution in [0.3, 0.4) is 0 Å². The molecule has 2 aromatic rings. The summed E-state index contributed by atoms with van der Waals surface area (Å²) in [6.07, 6.45) is 0. The Labute approximate surface area is 116 Å². The van der Waals surface area contributed by atoms with Crippen LogP contribution in [0.5, 0.6) is 11.5 Å². The molecule has 0 spiro atoms. The minimum atomic E-state index is -0.414. The topological polar surface area (TPSA) is 57.4 Å². The molecule has 0 bridgehead atoms. The first kappa shape index (κ1) is 12.3. The molecule has 2 heterocycles. The van der Waals surface area contributed by atoms with Gasteiger partial charge in [-0.3, -0.25) is 0 Å². The molecule has 1 aliphatic heterocycles. The zero-order chi connectivity index (χ0) is 13.6. The third-order valence-electron chi connectivity index (χ3n) is 3.07. The van der Waals surface area contributed by atoms with E-state index in [1.165, 1.54) is 11.3 Å². The quantitative estimate of drug-likeness (QED) is 0.913. The van der Waals surface area contributed by atoms with Gasteiger partial charge in [-0.1, -0.05) is 11.3 Å². The lowest BCUT2D eigenvalue weighted by molar-refractivity contribution is 0.109. The van der Waals surface area contributed by atoms with E-state index in [9.17, 15) is 0 Å². The Morgan fingerprint density at radius 3 is 2.95 bits per heavy atom. The fraction of sp³-hybridized carbons (Fsp3) is 0.357. The number of aromatic nitrogens is 1. The van der Waals surface area contributed by atoms with Crippen molar-refractivity contribution in [1.29, 1.82) is 0 Å². The van der Waals surface area contributed by atoms with Gasteiger partial charge in [0.15, 0.2) is 5.13 Å². The summed E-state index contributed by atoms with van der Waals surface area (Å²) in [6.45, 7) is 6.65. The summed E-state index contributed by atoms with van der Waals surface area (Å²) in [6, 6.07) is 5.83. The molecule has 0 saturated carbocycles. The average Bonchev–Trinajstić information content (AvgIpc) is 2.72. The fourth-order valence-corrected chi connectivity index (χ4v) is 3.17. The van der Waals surface area contributed by atoms with Crippen LogP contribution >= 0.6 is 11.3 Å². The molecule has 1 aliphatic rings. The monoisotopic (exact) mass is 276 g/mol. The highest BCUT2D eigenvalue weighted by Crippen LogP contribution is 2.48. The maximum absolute atomic E-state index is 6.08. The van der Waals surface area contributed by atoms with Crippen molar-refractivity contribution >= 4 is 16.5 Å². The van der Waals surface area contributed by atoms with Gasteiger partial charge < -0.3 is 15.2 Å². The van der Waals surface area contributed by atoms with Crippen molar-refractivity contribution in [2.24, 2.45) is 0 Å². The summed E-state index contributed by atoms with van der Waals surface area (Å²) in [5.74, 6) is 1.61. The fourth-order valence-electron chi connectivity index (χ4n) is 2.29. The second kappa shape index (κ2) is 4.13. The maximum atomic E-state index is 6.08. The molecule has 4 nitrogen and oxygen atoms in total. The first-order chi connectivity index (χ1) is 9.01. The van der Waals surface area contributed by atoms with Crippen LogP contribution in [0.1, 0.15) is 25.6 Å². The molecule has 1 aromatic heterocycles. The molecule has 2 N–H and O–H groups in total. The molecule has 1 aromatic carbocycles. The van der Waals surface area contributed by atoms with E-state index in [0.29, 0.717) is 11.7 Å². The highest BCUT2D eigenvalue weighted by molar-refractivity contribution is 7.16. The first-order valence-electron chi connectivity index (χ1n) is 6.24. The molecule has 5 heteroatoms. The third-order valence-corrected chi connectivity index (χ3v) is 4.26. The third kappa shape index (κ3) is 1.94. The number of fused-ring (bicyclic) bond motifs is 3. The number of thiazole rings is 1. The molecule has 0 fully saturated rings. The summed E-state index contributed by atoms with van der Waals surface area (Å²) in [4.78, 5) is 5.51. The highest BCUT2D eigenvalue weighted by atomic mass is 32.1. The van der Waals surface area contributed by atoms with E-state index in [4.69, 9.17) is 15.2 Å². The van der Waals surface area contributed by atoms with Crippen LogP contribution in [0.4, 0.5) is 5.13 Å². The standard InChI is InChI=1S/C14H16N2O2S/c1-4-17-8-5-6-9-10(7-8)18-14(2,3)12-11(9)16-13(15)19-12/h5-7H,4H2,1-3H3,(H2,15,16). The van der Waals surface area contributed by atoms with Gasteiger partial charge in [0.25, 0.3) is 0 Å². The zero-order valence-electron chi connectivity index (χ0n) is 11.2. The van der Waals surface area contributed by atoms with Gasteiger partial charge in [0.05, 0.1) is 17.2 Å². The van der Waals surface area contributed by atoms with Gasteiger partial charge in [0.2, 0.25) is 0 Å². The summed E-state index contributed by atoms with van der Waals surface area (Å²) >= 11 is 1.49. The zero-order valence-corrected chi connectivity index (χ0v) is 12.0. The van der Waals surface area contributed by atoms with Crippen molar-refractivity contribution in [3.8, 4) is 22.8 Å². The van der Waals surface area contributed by atoms with Crippen LogP contribution in [0.25, 0.3) is 11.3 Å². The lowest BCUT2D eigenvalue weighted by Crippen LogP contribution is -2.28. The molecule has 0 atom stereocenters. The van der Waals surface area contributed by atoms with Crippen LogP contribution in [0.15, 0.2) is 18.2 Å². The van der Waals surface area contributed by atoms with E-state index < -0.39 is 5.60 Å². The number of rotatable bonds is 2. The van der Waals surface area contributed by atoms with E-state index in [1.54, 1.807) is 0 Å². The summed E-state index contributed by atoms with van der Waals surface area (Å²) in [5.41, 5.74) is 7.33. The van der Waals surface area contributed by atoms with Crippen LogP contribution in [-0.2, 0) is 5.60 Å². The smallest absolute Gasteiger partial charge is 0.180 e. The van der Waals surface area contributed by atoms with E-state index in [1.807, 2.05) is 39.0 Å². The maximum Gasteiger partial charge on any atom is 0.180 e. The number of nitrogens with two attached hydrogens (primary N) is 1. The van der Waals surface area contributed by atoms with Gasteiger partial charge in [-0.25, -0.2) is 4.98 Å². The molecular weight excluding hydrogens is 260 g/mol. The largest absolute Gasteiger partial charge is 0.494 e. The molecule has 0 unspecified atom stereocenters. The molecule has 100 valence electrons. The molecule has 3 rings (SSSR count). The predicted molar refractivity (Wildman–Crippen MR) is 76.8 cm³/mol. The van der Waals surface area contributed by atoms with E-state index in [0.717, 1.165) is 27.6 Å². The van der Waals surface area contributed by atoms with Gasteiger partial charge in [0, 0.05) is 11.6 Å². The van der Waals surface area contributed by atoms with Crippen molar-refractivity contribution in [1.82, 2.24) is 4.98 Å². The van der Waals surface area contributed by atoms with Crippen LogP contribution in [0, 0.1) is 0 Å². The first-order valence-corrected chi connectivity index (χ1v) is 7.06. The van der Waals surface area contributed by atoms with Crippen LogP contribution in [0.2, 0.25) is 0 Å². The molecule has 0 aliphatic carbocycles. The Morgan fingerprint density at radius 1 is 1.42 bits per heavy atom. The SMILES string of the molecule is CCOc1ccc2c(c1)OC(C)(C)c1sc(N)nc1-2. The summed E-state index contributed by atoms with van der Waals surface area (Å²) in [7, 11) is 0. The van der Waals surface area contributed by atoms with Crippen LogP contribution < -0.4 is 15.2 Å². The minimum Gasteiger partial charge on any atom is -0.494 e. The van der Waals surface area contributed by atoms with Gasteiger partial charge >= 0.3 is 0 Å². The number of anilines is 1. The molecule has 0 amide bonds. The number of ether oxygens (including phenoxy) is 2. The Kier molecular flexibility index (Phi) is 2.67. The predicted octanol–water partition coefficient (Wildman–Crippen LogP) is 3.42. The molecule has 19 heavy (non-hydrogen) atoms. The van der Waals surface area contributed by atoms with Gasteiger partial charge in [-0.15, -0.1) is 0 Å². The number of hydrogen-bond acceptors (Lipinski definition) is 5. The lowest BCUT2D eigenvalue weighted by Gasteiger charge is -2.31. The molecular formula is C14H16N2O2S. The van der Waals surface area contributed by atoms with E-state index in [2.05, 4.69) is 4.98 Å². The van der Waals surface area contributed by atoms with Crippen molar-refractivity contribution in [2.45, 2.75) is 26.4 Å². The Balaban J connectivity index is 2.16. The Hall–Kier alpha value is -1.75. The number of nitrogen functional groups attached to an aromatic ring is 1. The van der Waals surface area contributed by atoms with Crippen molar-refractivity contribution in [3.63, 3.8) is 0 Å². The van der Waals surface area contributed by atoms with E-state index >= 15 is 0 Å². The molecule has 0 radical (unpaired) electrons. The summed E-state index contributed by atoms with van der Waals surface area (Å²) in [5, 5.41) is 0.573. The second-order valence-electron chi connectivity index (χ2n) is 4.93.